The molecule has 1 rings (SSSR count). The van der Waals surface area contributed by atoms with Crippen molar-refractivity contribution in [3.05, 3.63) is 23.8 Å². The van der Waals surface area contributed by atoms with E-state index in [-0.39, 0.29) is 0 Å². The number of nitrogens with two attached hydrogens (primary N) is 2. The molecule has 0 amide bonds. The molecule has 0 bridgehead atoms. The minimum absolute atomic E-state index is 0.576. The molecule has 0 atom stereocenters. The minimum Gasteiger partial charge on any atom is -0.398 e. The average molecular weight is 165 g/mol. The van der Waals surface area contributed by atoms with Gasteiger partial charge in [-0.05, 0) is 30.1 Å². The van der Waals surface area contributed by atoms with Gasteiger partial charge in [-0.2, -0.15) is 5.26 Å². The van der Waals surface area contributed by atoms with Crippen LogP contribution in [0.15, 0.2) is 23.1 Å². The molecule has 0 aromatic heterocycles. The second-order valence-electron chi connectivity index (χ2n) is 1.98. The smallest absolute Gasteiger partial charge is 0.0992 e. The molecular weight excluding hydrogens is 158 g/mol. The molecule has 0 aliphatic rings. The van der Waals surface area contributed by atoms with Crippen LogP contribution >= 0.6 is 11.9 Å². The Morgan fingerprint density at radius 1 is 1.45 bits per heavy atom. The molecule has 0 unspecified atom stereocenters. The Morgan fingerprint density at radius 3 is 2.73 bits per heavy atom. The molecule has 0 fully saturated rings. The molecule has 0 heterocycles. The topological polar surface area (TPSA) is 75.8 Å². The SMILES string of the molecule is N#Cc1ccc(N)c(SN)c1. The highest BCUT2D eigenvalue weighted by Gasteiger charge is 1.98. The van der Waals surface area contributed by atoms with Crippen LogP contribution in [0.2, 0.25) is 0 Å². The molecule has 1 aromatic rings. The zero-order valence-corrected chi connectivity index (χ0v) is 6.56. The second-order valence-corrected chi connectivity index (χ2v) is 2.66. The van der Waals surface area contributed by atoms with E-state index < -0.39 is 0 Å². The Balaban J connectivity index is 3.15. The summed E-state index contributed by atoms with van der Waals surface area (Å²) in [5.74, 6) is 0. The van der Waals surface area contributed by atoms with Gasteiger partial charge in [-0.1, -0.05) is 0 Å². The monoisotopic (exact) mass is 165 g/mol. The molecular formula is C7H7N3S. The average Bonchev–Trinajstić information content (AvgIpc) is 2.05. The lowest BCUT2D eigenvalue weighted by atomic mass is 10.2. The van der Waals surface area contributed by atoms with Gasteiger partial charge in [0.1, 0.15) is 0 Å². The first-order chi connectivity index (χ1) is 5.27. The van der Waals surface area contributed by atoms with E-state index in [9.17, 15) is 0 Å². The molecule has 4 N–H and O–H groups in total. The molecule has 4 heteroatoms. The zero-order chi connectivity index (χ0) is 8.27. The first kappa shape index (κ1) is 7.92. The highest BCUT2D eigenvalue weighted by molar-refractivity contribution is 7.97. The summed E-state index contributed by atoms with van der Waals surface area (Å²) >= 11 is 1.05. The molecule has 0 spiro atoms. The number of benzene rings is 1. The fourth-order valence-corrected chi connectivity index (χ4v) is 1.11. The summed E-state index contributed by atoms with van der Waals surface area (Å²) < 4.78 is 0. The normalized spacial score (nSPS) is 9.09. The number of hydrogen-bond donors (Lipinski definition) is 2. The van der Waals surface area contributed by atoms with Crippen molar-refractivity contribution in [3.63, 3.8) is 0 Å². The van der Waals surface area contributed by atoms with Gasteiger partial charge in [-0.15, -0.1) is 0 Å². The fraction of sp³-hybridized carbons (Fsp3) is 0. The van der Waals surface area contributed by atoms with Crippen LogP contribution < -0.4 is 10.9 Å². The van der Waals surface area contributed by atoms with Crippen molar-refractivity contribution >= 4 is 17.6 Å². The number of anilines is 1. The van der Waals surface area contributed by atoms with E-state index in [4.69, 9.17) is 16.1 Å². The number of nitrogens with zero attached hydrogens (tertiary/aromatic N) is 1. The van der Waals surface area contributed by atoms with Crippen molar-refractivity contribution in [1.82, 2.24) is 0 Å². The summed E-state index contributed by atoms with van der Waals surface area (Å²) in [6.45, 7) is 0. The summed E-state index contributed by atoms with van der Waals surface area (Å²) in [5.41, 5.74) is 6.73. The van der Waals surface area contributed by atoms with E-state index in [1.807, 2.05) is 6.07 Å². The lowest BCUT2D eigenvalue weighted by molar-refractivity contribution is 1.40. The van der Waals surface area contributed by atoms with Gasteiger partial charge >= 0.3 is 0 Å². The zero-order valence-electron chi connectivity index (χ0n) is 5.74. The summed E-state index contributed by atoms with van der Waals surface area (Å²) in [6.07, 6.45) is 0. The predicted octanol–water partition coefficient (Wildman–Crippen LogP) is 1.11. The van der Waals surface area contributed by atoms with E-state index >= 15 is 0 Å². The molecule has 0 aliphatic carbocycles. The van der Waals surface area contributed by atoms with Gasteiger partial charge in [-0.25, -0.2) is 0 Å². The third-order valence-electron chi connectivity index (χ3n) is 1.27. The molecule has 0 saturated heterocycles. The van der Waals surface area contributed by atoms with Crippen LogP contribution in [0.3, 0.4) is 0 Å². The van der Waals surface area contributed by atoms with E-state index in [0.29, 0.717) is 11.3 Å². The Kier molecular flexibility index (Phi) is 2.36. The quantitative estimate of drug-likeness (QED) is 0.482. The third kappa shape index (κ3) is 1.64. The number of rotatable bonds is 1. The molecule has 0 aliphatic heterocycles. The van der Waals surface area contributed by atoms with Crippen molar-refractivity contribution in [2.24, 2.45) is 5.14 Å². The van der Waals surface area contributed by atoms with Gasteiger partial charge in [0.2, 0.25) is 0 Å². The van der Waals surface area contributed by atoms with Crippen LogP contribution in [0.5, 0.6) is 0 Å². The van der Waals surface area contributed by atoms with Crippen molar-refractivity contribution in [2.75, 3.05) is 5.73 Å². The van der Waals surface area contributed by atoms with E-state index in [1.54, 1.807) is 18.2 Å². The Bertz CT molecular complexity index is 303. The Morgan fingerprint density at radius 2 is 2.18 bits per heavy atom. The molecule has 0 radical (unpaired) electrons. The third-order valence-corrected chi connectivity index (χ3v) is 1.88. The van der Waals surface area contributed by atoms with E-state index in [0.717, 1.165) is 16.8 Å². The van der Waals surface area contributed by atoms with Crippen LogP contribution in [-0.2, 0) is 0 Å². The maximum Gasteiger partial charge on any atom is 0.0992 e. The van der Waals surface area contributed by atoms with E-state index in [2.05, 4.69) is 0 Å². The van der Waals surface area contributed by atoms with Crippen LogP contribution in [0.1, 0.15) is 5.56 Å². The van der Waals surface area contributed by atoms with Gasteiger partial charge in [0.25, 0.3) is 0 Å². The highest BCUT2D eigenvalue weighted by atomic mass is 32.2. The minimum atomic E-state index is 0.576. The molecule has 56 valence electrons. The van der Waals surface area contributed by atoms with Crippen LogP contribution in [0.25, 0.3) is 0 Å². The van der Waals surface area contributed by atoms with Crippen LogP contribution in [0.4, 0.5) is 5.69 Å². The van der Waals surface area contributed by atoms with Crippen molar-refractivity contribution in [2.45, 2.75) is 4.90 Å². The summed E-state index contributed by atoms with van der Waals surface area (Å²) in [4.78, 5) is 0.740. The Labute approximate surface area is 69.1 Å². The van der Waals surface area contributed by atoms with Gasteiger partial charge in [0, 0.05) is 10.6 Å². The van der Waals surface area contributed by atoms with Gasteiger partial charge < -0.3 is 5.73 Å². The van der Waals surface area contributed by atoms with Crippen molar-refractivity contribution in [3.8, 4) is 6.07 Å². The summed E-state index contributed by atoms with van der Waals surface area (Å²) in [5, 5.41) is 13.8. The molecule has 3 nitrogen and oxygen atoms in total. The standard InChI is InChI=1S/C7H7N3S/c8-4-5-1-2-6(9)7(3-5)11-10/h1-3H,9-10H2. The Hall–Kier alpha value is -1.18. The van der Waals surface area contributed by atoms with Crippen LogP contribution in [-0.4, -0.2) is 0 Å². The lowest BCUT2D eigenvalue weighted by Crippen LogP contribution is -1.91. The predicted molar refractivity (Wildman–Crippen MR) is 45.6 cm³/mol. The first-order valence-corrected chi connectivity index (χ1v) is 3.82. The first-order valence-electron chi connectivity index (χ1n) is 2.94. The van der Waals surface area contributed by atoms with Gasteiger partial charge in [0.15, 0.2) is 0 Å². The van der Waals surface area contributed by atoms with Gasteiger partial charge in [0.05, 0.1) is 11.6 Å². The molecule has 1 aromatic carbocycles. The van der Waals surface area contributed by atoms with Gasteiger partial charge in [-0.3, -0.25) is 5.14 Å². The molecule has 11 heavy (non-hydrogen) atoms. The van der Waals surface area contributed by atoms with E-state index in [1.165, 1.54) is 0 Å². The fourth-order valence-electron chi connectivity index (χ4n) is 0.706. The van der Waals surface area contributed by atoms with Crippen LogP contribution in [0, 0.1) is 11.3 Å². The summed E-state index contributed by atoms with van der Waals surface area (Å²) in [6, 6.07) is 7.01. The second kappa shape index (κ2) is 3.28. The largest absolute Gasteiger partial charge is 0.398 e. The highest BCUT2D eigenvalue weighted by Crippen LogP contribution is 2.21. The molecule has 0 saturated carbocycles. The number of nitriles is 1. The lowest BCUT2D eigenvalue weighted by Gasteiger charge is -1.99. The number of hydrogen-bond acceptors (Lipinski definition) is 4. The maximum atomic E-state index is 8.51. The van der Waals surface area contributed by atoms with Crippen molar-refractivity contribution in [1.29, 1.82) is 5.26 Å². The summed E-state index contributed by atoms with van der Waals surface area (Å²) in [7, 11) is 0. The maximum absolute atomic E-state index is 8.51. The number of nitrogen functional groups attached to an aromatic ring is 1. The van der Waals surface area contributed by atoms with Crippen molar-refractivity contribution < 1.29 is 0 Å².